The van der Waals surface area contributed by atoms with Crippen molar-refractivity contribution in [1.82, 2.24) is 10.2 Å². The second-order valence-electron chi connectivity index (χ2n) is 5.39. The van der Waals surface area contributed by atoms with E-state index >= 15 is 0 Å². The summed E-state index contributed by atoms with van der Waals surface area (Å²) < 4.78 is 5.21. The number of likely N-dealkylation sites (tertiary alicyclic amines) is 1. The number of carbonyl (C=O) groups excluding carboxylic acids is 3. The number of ether oxygens (including phenoxy) is 1. The van der Waals surface area contributed by atoms with Gasteiger partial charge in [0.2, 0.25) is 11.8 Å². The van der Waals surface area contributed by atoms with Crippen molar-refractivity contribution in [3.8, 4) is 0 Å². The summed E-state index contributed by atoms with van der Waals surface area (Å²) in [5, 5.41) is 2.69. The lowest BCUT2D eigenvalue weighted by Crippen LogP contribution is -2.58. The van der Waals surface area contributed by atoms with E-state index < -0.39 is 11.5 Å². The minimum Gasteiger partial charge on any atom is -0.379 e. The molecule has 2 aliphatic heterocycles. The minimum absolute atomic E-state index is 0.220. The van der Waals surface area contributed by atoms with Gasteiger partial charge in [-0.15, -0.1) is 0 Å². The first kappa shape index (κ1) is 14.0. The molecule has 2 rings (SSSR count). The lowest BCUT2D eigenvalue weighted by Gasteiger charge is -2.32. The Morgan fingerprint density at radius 3 is 2.79 bits per heavy atom. The number of nitrogens with two attached hydrogens (primary N) is 1. The maximum absolute atomic E-state index is 12.3. The smallest absolute Gasteiger partial charge is 0.251 e. The molecule has 7 heteroatoms. The van der Waals surface area contributed by atoms with E-state index in [0.717, 1.165) is 4.90 Å². The molecule has 3 atom stereocenters. The highest BCUT2D eigenvalue weighted by molar-refractivity contribution is 6.01. The zero-order valence-corrected chi connectivity index (χ0v) is 11.1. The third kappa shape index (κ3) is 2.35. The molecule has 2 fully saturated rings. The van der Waals surface area contributed by atoms with E-state index in [1.54, 1.807) is 6.92 Å². The van der Waals surface area contributed by atoms with Gasteiger partial charge in [-0.3, -0.25) is 19.3 Å². The molecule has 0 spiro atoms. The summed E-state index contributed by atoms with van der Waals surface area (Å²) in [4.78, 5) is 36.6. The topological polar surface area (TPSA) is 102 Å². The molecule has 106 valence electrons. The summed E-state index contributed by atoms with van der Waals surface area (Å²) in [5.41, 5.74) is 5.05. The van der Waals surface area contributed by atoms with Crippen LogP contribution in [-0.2, 0) is 19.1 Å². The first-order valence-corrected chi connectivity index (χ1v) is 6.31. The predicted molar refractivity (Wildman–Crippen MR) is 65.8 cm³/mol. The van der Waals surface area contributed by atoms with E-state index in [-0.39, 0.29) is 36.8 Å². The van der Waals surface area contributed by atoms with Crippen LogP contribution >= 0.6 is 0 Å². The number of hydrogen-bond acceptors (Lipinski definition) is 5. The number of likely N-dealkylation sites (N-methyl/N-ethyl adjacent to an activating group) is 1. The van der Waals surface area contributed by atoms with E-state index in [2.05, 4.69) is 5.32 Å². The van der Waals surface area contributed by atoms with E-state index in [1.807, 2.05) is 0 Å². The van der Waals surface area contributed by atoms with Crippen LogP contribution < -0.4 is 11.1 Å². The molecule has 0 bridgehead atoms. The van der Waals surface area contributed by atoms with Gasteiger partial charge in [-0.25, -0.2) is 0 Å². The summed E-state index contributed by atoms with van der Waals surface area (Å²) >= 11 is 0. The Labute approximate surface area is 111 Å². The van der Waals surface area contributed by atoms with Crippen molar-refractivity contribution in [2.45, 2.75) is 31.8 Å². The molecular formula is C12H19N3O4. The highest BCUT2D eigenvalue weighted by atomic mass is 16.5. The Hall–Kier alpha value is -1.47. The third-order valence-corrected chi connectivity index (χ3v) is 3.99. The fourth-order valence-electron chi connectivity index (χ4n) is 2.30. The van der Waals surface area contributed by atoms with Crippen molar-refractivity contribution < 1.29 is 19.1 Å². The van der Waals surface area contributed by atoms with Crippen LogP contribution in [0.1, 0.15) is 19.8 Å². The van der Waals surface area contributed by atoms with Gasteiger partial charge >= 0.3 is 0 Å². The summed E-state index contributed by atoms with van der Waals surface area (Å²) in [5.74, 6) is -0.887. The Kier molecular flexibility index (Phi) is 3.60. The fourth-order valence-corrected chi connectivity index (χ4v) is 2.30. The largest absolute Gasteiger partial charge is 0.379 e. The van der Waals surface area contributed by atoms with Crippen LogP contribution in [0.5, 0.6) is 0 Å². The maximum Gasteiger partial charge on any atom is 0.251 e. The molecular weight excluding hydrogens is 250 g/mol. The van der Waals surface area contributed by atoms with Gasteiger partial charge in [0.05, 0.1) is 18.6 Å². The van der Waals surface area contributed by atoms with E-state index in [9.17, 15) is 14.4 Å². The third-order valence-electron chi connectivity index (χ3n) is 3.99. The van der Waals surface area contributed by atoms with Gasteiger partial charge in [-0.2, -0.15) is 0 Å². The molecule has 0 saturated carbocycles. The Balaban J connectivity index is 2.03. The highest BCUT2D eigenvalue weighted by Gasteiger charge is 2.46. The number of nitrogens with one attached hydrogen (secondary N) is 1. The van der Waals surface area contributed by atoms with Crippen LogP contribution in [0.2, 0.25) is 0 Å². The number of carbonyl (C=O) groups is 3. The van der Waals surface area contributed by atoms with Crippen LogP contribution in [0, 0.1) is 5.41 Å². The molecule has 0 aromatic rings. The van der Waals surface area contributed by atoms with Crippen LogP contribution in [-0.4, -0.2) is 55.0 Å². The second-order valence-corrected chi connectivity index (χ2v) is 5.39. The van der Waals surface area contributed by atoms with Gasteiger partial charge in [0.15, 0.2) is 0 Å². The summed E-state index contributed by atoms with van der Waals surface area (Å²) in [6, 6.07) is -1.04. The van der Waals surface area contributed by atoms with E-state index in [1.165, 1.54) is 7.05 Å². The van der Waals surface area contributed by atoms with E-state index in [0.29, 0.717) is 13.0 Å². The number of imide groups is 1. The first-order chi connectivity index (χ1) is 8.86. The lowest BCUT2D eigenvalue weighted by atomic mass is 9.84. The van der Waals surface area contributed by atoms with Crippen molar-refractivity contribution >= 4 is 17.7 Å². The summed E-state index contributed by atoms with van der Waals surface area (Å²) in [6.45, 7) is 2.30. The Morgan fingerprint density at radius 1 is 1.53 bits per heavy atom. The molecule has 0 radical (unpaired) electrons. The molecule has 2 aliphatic rings. The molecule has 0 aromatic carbocycles. The van der Waals surface area contributed by atoms with Gasteiger partial charge in [0, 0.05) is 19.5 Å². The zero-order valence-electron chi connectivity index (χ0n) is 11.1. The van der Waals surface area contributed by atoms with Crippen LogP contribution in [0.15, 0.2) is 0 Å². The number of rotatable bonds is 2. The quantitative estimate of drug-likeness (QED) is 0.601. The van der Waals surface area contributed by atoms with Crippen molar-refractivity contribution in [2.24, 2.45) is 11.1 Å². The molecule has 3 N–H and O–H groups in total. The van der Waals surface area contributed by atoms with Crippen molar-refractivity contribution in [3.63, 3.8) is 0 Å². The van der Waals surface area contributed by atoms with Gasteiger partial charge in [0.25, 0.3) is 5.91 Å². The van der Waals surface area contributed by atoms with Crippen LogP contribution in [0.3, 0.4) is 0 Å². The van der Waals surface area contributed by atoms with Gasteiger partial charge in [-0.1, -0.05) is 0 Å². The van der Waals surface area contributed by atoms with Gasteiger partial charge < -0.3 is 15.8 Å². The number of nitrogens with zero attached hydrogens (tertiary/aromatic N) is 1. The van der Waals surface area contributed by atoms with Crippen LogP contribution in [0.4, 0.5) is 0 Å². The lowest BCUT2D eigenvalue weighted by molar-refractivity contribution is -0.150. The zero-order chi connectivity index (χ0) is 14.2. The molecule has 19 heavy (non-hydrogen) atoms. The van der Waals surface area contributed by atoms with Crippen LogP contribution in [0.25, 0.3) is 0 Å². The molecule has 3 unspecified atom stereocenters. The first-order valence-electron chi connectivity index (χ1n) is 6.31. The van der Waals surface area contributed by atoms with Crippen molar-refractivity contribution in [1.29, 1.82) is 0 Å². The Bertz CT molecular complexity index is 425. The molecule has 2 saturated heterocycles. The fraction of sp³-hybridized carbons (Fsp3) is 0.750. The number of amides is 3. The van der Waals surface area contributed by atoms with Gasteiger partial charge in [-0.05, 0) is 13.3 Å². The normalized spacial score (nSPS) is 35.6. The van der Waals surface area contributed by atoms with Crippen molar-refractivity contribution in [2.75, 3.05) is 20.3 Å². The number of piperidine rings is 1. The monoisotopic (exact) mass is 269 g/mol. The molecule has 2 heterocycles. The molecule has 3 amide bonds. The highest BCUT2D eigenvalue weighted by Crippen LogP contribution is 2.27. The molecule has 7 nitrogen and oxygen atoms in total. The SMILES string of the molecule is CN1C(=O)CCC(NC(=O)C2(C)COCC2N)C1=O. The summed E-state index contributed by atoms with van der Waals surface area (Å²) in [7, 11) is 1.43. The maximum atomic E-state index is 12.3. The number of hydrogen-bond donors (Lipinski definition) is 2. The second kappa shape index (κ2) is 4.90. The predicted octanol–water partition coefficient (Wildman–Crippen LogP) is -1.39. The standard InChI is InChI=1S/C12H19N3O4/c1-12(6-19-5-8(12)13)11(18)14-7-3-4-9(16)15(2)10(7)17/h7-8H,3-6,13H2,1-2H3,(H,14,18). The summed E-state index contributed by atoms with van der Waals surface area (Å²) in [6.07, 6.45) is 0.590. The minimum atomic E-state index is -0.819. The van der Waals surface area contributed by atoms with Crippen molar-refractivity contribution in [3.05, 3.63) is 0 Å². The van der Waals surface area contributed by atoms with Gasteiger partial charge in [0.1, 0.15) is 6.04 Å². The molecule has 0 aliphatic carbocycles. The van der Waals surface area contributed by atoms with E-state index in [4.69, 9.17) is 10.5 Å². The average molecular weight is 269 g/mol. The molecule has 0 aromatic heterocycles. The average Bonchev–Trinajstić information content (AvgIpc) is 2.72. The Morgan fingerprint density at radius 2 is 2.21 bits per heavy atom.